The SMILES string of the molecule is CCNC(=O)NC(=O)[C@H](OC(=O)COc1ccccc1C=O)c1ccccc1. The number of benzene rings is 2. The van der Waals surface area contributed by atoms with Crippen molar-refractivity contribution >= 4 is 24.2 Å². The summed E-state index contributed by atoms with van der Waals surface area (Å²) in [6.45, 7) is 1.52. The molecule has 8 nitrogen and oxygen atoms in total. The third kappa shape index (κ3) is 5.94. The number of urea groups is 1. The maximum atomic E-state index is 12.4. The van der Waals surface area contributed by atoms with Crippen molar-refractivity contribution in [3.8, 4) is 5.75 Å². The van der Waals surface area contributed by atoms with Crippen LogP contribution < -0.4 is 15.4 Å². The second-order valence-electron chi connectivity index (χ2n) is 5.57. The molecule has 0 radical (unpaired) electrons. The van der Waals surface area contributed by atoms with Crippen molar-refractivity contribution in [2.45, 2.75) is 13.0 Å². The number of imide groups is 1. The molecule has 0 unspecified atom stereocenters. The van der Waals surface area contributed by atoms with E-state index in [9.17, 15) is 19.2 Å². The fraction of sp³-hybridized carbons (Fsp3) is 0.200. The molecule has 2 rings (SSSR count). The lowest BCUT2D eigenvalue weighted by Gasteiger charge is -2.18. The first-order valence-electron chi connectivity index (χ1n) is 8.55. The van der Waals surface area contributed by atoms with Crippen molar-refractivity contribution in [3.05, 3.63) is 65.7 Å². The maximum Gasteiger partial charge on any atom is 0.345 e. The Bertz CT molecular complexity index is 838. The van der Waals surface area contributed by atoms with E-state index in [0.29, 0.717) is 18.4 Å². The highest BCUT2D eigenvalue weighted by atomic mass is 16.6. The zero-order valence-corrected chi connectivity index (χ0v) is 15.2. The number of hydrogen-bond donors (Lipinski definition) is 2. The Balaban J connectivity index is 2.07. The first-order valence-corrected chi connectivity index (χ1v) is 8.55. The number of carbonyl (C=O) groups is 4. The summed E-state index contributed by atoms with van der Waals surface area (Å²) in [7, 11) is 0. The molecule has 0 aliphatic rings. The number of esters is 1. The van der Waals surface area contributed by atoms with Gasteiger partial charge >= 0.3 is 12.0 Å². The summed E-state index contributed by atoms with van der Waals surface area (Å²) in [4.78, 5) is 47.2. The quantitative estimate of drug-likeness (QED) is 0.532. The highest BCUT2D eigenvalue weighted by Crippen LogP contribution is 2.19. The molecule has 2 aromatic carbocycles. The van der Waals surface area contributed by atoms with Crippen molar-refractivity contribution in [2.24, 2.45) is 0 Å². The van der Waals surface area contributed by atoms with Crippen molar-refractivity contribution < 1.29 is 28.7 Å². The Kier molecular flexibility index (Phi) is 7.71. The van der Waals surface area contributed by atoms with Gasteiger partial charge in [-0.3, -0.25) is 14.9 Å². The molecule has 0 aromatic heterocycles. The molecular formula is C20H20N2O6. The second-order valence-corrected chi connectivity index (χ2v) is 5.57. The molecule has 8 heteroatoms. The minimum absolute atomic E-state index is 0.220. The van der Waals surface area contributed by atoms with Gasteiger partial charge in [-0.2, -0.15) is 0 Å². The van der Waals surface area contributed by atoms with Gasteiger partial charge in [0.1, 0.15) is 5.75 Å². The Labute approximate surface area is 161 Å². The number of carbonyl (C=O) groups excluding carboxylic acids is 4. The molecule has 3 amide bonds. The lowest BCUT2D eigenvalue weighted by atomic mass is 10.1. The third-order valence-corrected chi connectivity index (χ3v) is 3.56. The summed E-state index contributed by atoms with van der Waals surface area (Å²) in [5, 5.41) is 4.55. The smallest absolute Gasteiger partial charge is 0.345 e. The van der Waals surface area contributed by atoms with Gasteiger partial charge in [0.15, 0.2) is 12.9 Å². The molecule has 0 spiro atoms. The lowest BCUT2D eigenvalue weighted by Crippen LogP contribution is -2.42. The van der Waals surface area contributed by atoms with Crippen LogP contribution in [-0.2, 0) is 14.3 Å². The highest BCUT2D eigenvalue weighted by Gasteiger charge is 2.26. The van der Waals surface area contributed by atoms with Crippen LogP contribution in [0.3, 0.4) is 0 Å². The van der Waals surface area contributed by atoms with Crippen LogP contribution in [0.25, 0.3) is 0 Å². The minimum Gasteiger partial charge on any atom is -0.481 e. The topological polar surface area (TPSA) is 111 Å². The van der Waals surface area contributed by atoms with E-state index in [0.717, 1.165) is 0 Å². The lowest BCUT2D eigenvalue weighted by molar-refractivity contribution is -0.158. The average Bonchev–Trinajstić information content (AvgIpc) is 2.71. The molecule has 2 N–H and O–H groups in total. The number of aldehydes is 1. The van der Waals surface area contributed by atoms with Crippen molar-refractivity contribution in [1.82, 2.24) is 10.6 Å². The molecule has 0 aliphatic carbocycles. The summed E-state index contributed by atoms with van der Waals surface area (Å²) >= 11 is 0. The molecular weight excluding hydrogens is 364 g/mol. The predicted octanol–water partition coefficient (Wildman–Crippen LogP) is 2.01. The zero-order chi connectivity index (χ0) is 20.4. The minimum atomic E-state index is -1.33. The monoisotopic (exact) mass is 384 g/mol. The molecule has 1 atom stereocenters. The Morgan fingerprint density at radius 3 is 2.39 bits per heavy atom. The molecule has 0 bridgehead atoms. The first-order chi connectivity index (χ1) is 13.5. The zero-order valence-electron chi connectivity index (χ0n) is 15.2. The van der Waals surface area contributed by atoms with Crippen LogP contribution >= 0.6 is 0 Å². The highest BCUT2D eigenvalue weighted by molar-refractivity contribution is 5.97. The number of hydrogen-bond acceptors (Lipinski definition) is 6. The molecule has 0 saturated heterocycles. The van der Waals surface area contributed by atoms with Gasteiger partial charge < -0.3 is 14.8 Å². The summed E-state index contributed by atoms with van der Waals surface area (Å²) in [6, 6.07) is 14.0. The number of amides is 3. The number of para-hydroxylation sites is 1. The Morgan fingerprint density at radius 2 is 1.71 bits per heavy atom. The molecule has 0 fully saturated rings. The summed E-state index contributed by atoms with van der Waals surface area (Å²) in [5.74, 6) is -1.41. The van der Waals surface area contributed by atoms with Crippen LogP contribution in [-0.4, -0.2) is 37.3 Å². The largest absolute Gasteiger partial charge is 0.481 e. The van der Waals surface area contributed by atoms with Gasteiger partial charge in [0, 0.05) is 12.1 Å². The van der Waals surface area contributed by atoms with Crippen molar-refractivity contribution in [1.29, 1.82) is 0 Å². The normalized spacial score (nSPS) is 11.0. The van der Waals surface area contributed by atoms with E-state index in [2.05, 4.69) is 10.6 Å². The molecule has 0 saturated carbocycles. The van der Waals surface area contributed by atoms with Gasteiger partial charge in [-0.05, 0) is 19.1 Å². The molecule has 28 heavy (non-hydrogen) atoms. The number of ether oxygens (including phenoxy) is 2. The van der Waals surface area contributed by atoms with Gasteiger partial charge in [-0.15, -0.1) is 0 Å². The summed E-state index contributed by atoms with van der Waals surface area (Å²) in [6.07, 6.45) is -0.728. The number of rotatable bonds is 8. The standard InChI is InChI=1S/C20H20N2O6/c1-2-21-20(26)22-19(25)18(14-8-4-3-5-9-14)28-17(24)13-27-16-11-7-6-10-15(16)12-23/h3-12,18H,2,13H2,1H3,(H2,21,22,25,26)/t18-/m1/s1. The molecule has 0 heterocycles. The van der Waals surface area contributed by atoms with Crippen LogP contribution in [0.2, 0.25) is 0 Å². The van der Waals surface area contributed by atoms with Crippen LogP contribution in [0, 0.1) is 0 Å². The van der Waals surface area contributed by atoms with Gasteiger partial charge in [0.05, 0.1) is 5.56 Å². The van der Waals surface area contributed by atoms with E-state index in [1.165, 1.54) is 6.07 Å². The first kappa shape index (κ1) is 20.6. The average molecular weight is 384 g/mol. The molecule has 146 valence electrons. The molecule has 2 aromatic rings. The van der Waals surface area contributed by atoms with Crippen molar-refractivity contribution in [3.63, 3.8) is 0 Å². The second kappa shape index (κ2) is 10.5. The van der Waals surface area contributed by atoms with E-state index < -0.39 is 30.6 Å². The van der Waals surface area contributed by atoms with Crippen LogP contribution in [0.4, 0.5) is 4.79 Å². The van der Waals surface area contributed by atoms with Crippen LogP contribution in [0.5, 0.6) is 5.75 Å². The van der Waals surface area contributed by atoms with E-state index in [-0.39, 0.29) is 11.3 Å². The summed E-state index contributed by atoms with van der Waals surface area (Å²) < 4.78 is 10.5. The van der Waals surface area contributed by atoms with E-state index >= 15 is 0 Å². The van der Waals surface area contributed by atoms with Gasteiger partial charge in [-0.25, -0.2) is 9.59 Å². The van der Waals surface area contributed by atoms with E-state index in [1.54, 1.807) is 55.5 Å². The fourth-order valence-corrected chi connectivity index (χ4v) is 2.29. The third-order valence-electron chi connectivity index (χ3n) is 3.56. The molecule has 0 aliphatic heterocycles. The Morgan fingerprint density at radius 1 is 1.04 bits per heavy atom. The number of nitrogens with one attached hydrogen (secondary N) is 2. The fourth-order valence-electron chi connectivity index (χ4n) is 2.29. The van der Waals surface area contributed by atoms with Gasteiger partial charge in [0.2, 0.25) is 6.10 Å². The van der Waals surface area contributed by atoms with Gasteiger partial charge in [-0.1, -0.05) is 42.5 Å². The maximum absolute atomic E-state index is 12.4. The van der Waals surface area contributed by atoms with E-state index in [4.69, 9.17) is 9.47 Å². The van der Waals surface area contributed by atoms with Crippen molar-refractivity contribution in [2.75, 3.05) is 13.2 Å². The van der Waals surface area contributed by atoms with E-state index in [1.807, 2.05) is 0 Å². The summed E-state index contributed by atoms with van der Waals surface area (Å²) in [5.41, 5.74) is 0.676. The van der Waals surface area contributed by atoms with Gasteiger partial charge in [0.25, 0.3) is 5.91 Å². The predicted molar refractivity (Wildman–Crippen MR) is 99.8 cm³/mol. The van der Waals surface area contributed by atoms with Crippen LogP contribution in [0.1, 0.15) is 28.9 Å². The van der Waals surface area contributed by atoms with Crippen LogP contribution in [0.15, 0.2) is 54.6 Å². The Hall–Kier alpha value is -3.68.